The van der Waals surface area contributed by atoms with Crippen LogP contribution in [0.1, 0.15) is 48.0 Å². The first kappa shape index (κ1) is 20.3. The predicted octanol–water partition coefficient (Wildman–Crippen LogP) is 4.29. The highest BCUT2D eigenvalue weighted by atomic mass is 16.5. The smallest absolute Gasteiger partial charge is 0.257 e. The molecular formula is C25H27N5O2. The Morgan fingerprint density at radius 2 is 1.75 bits per heavy atom. The Balaban J connectivity index is 1.64. The number of aromatic nitrogens is 3. The van der Waals surface area contributed by atoms with Gasteiger partial charge in [0.15, 0.2) is 5.65 Å². The van der Waals surface area contributed by atoms with E-state index in [1.54, 1.807) is 7.11 Å². The van der Waals surface area contributed by atoms with Crippen molar-refractivity contribution in [2.45, 2.75) is 44.7 Å². The van der Waals surface area contributed by atoms with E-state index in [2.05, 4.69) is 5.32 Å². The topological polar surface area (TPSA) is 95.1 Å². The van der Waals surface area contributed by atoms with Gasteiger partial charge in [0.25, 0.3) is 5.91 Å². The van der Waals surface area contributed by atoms with Gasteiger partial charge in [0, 0.05) is 11.6 Å². The predicted molar refractivity (Wildman–Crippen MR) is 126 cm³/mol. The number of carbonyl (C=O) groups excluding carboxylic acids is 1. The lowest BCUT2D eigenvalue weighted by molar-refractivity contribution is 0.0930. The zero-order valence-electron chi connectivity index (χ0n) is 18.2. The van der Waals surface area contributed by atoms with E-state index in [0.29, 0.717) is 29.1 Å². The fraction of sp³-hybridized carbons (Fsp3) is 0.320. The first-order valence-electron chi connectivity index (χ1n) is 11.1. The van der Waals surface area contributed by atoms with Gasteiger partial charge >= 0.3 is 0 Å². The van der Waals surface area contributed by atoms with Gasteiger partial charge < -0.3 is 20.4 Å². The second kappa shape index (κ2) is 8.49. The van der Waals surface area contributed by atoms with Crippen LogP contribution >= 0.6 is 0 Å². The van der Waals surface area contributed by atoms with Crippen LogP contribution in [-0.2, 0) is 6.54 Å². The molecule has 32 heavy (non-hydrogen) atoms. The molecule has 0 bridgehead atoms. The SMILES string of the molecule is COc1ccccc1Cn1c(N)c(C(=O)NC2CCCCC2)c2nc3ccccc3nc21. The number of nitrogens with zero attached hydrogens (tertiary/aromatic N) is 3. The van der Waals surface area contributed by atoms with Crippen molar-refractivity contribution in [2.75, 3.05) is 12.8 Å². The Bertz CT molecular complexity index is 1290. The molecule has 2 aromatic heterocycles. The maximum atomic E-state index is 13.4. The van der Waals surface area contributed by atoms with E-state index >= 15 is 0 Å². The quantitative estimate of drug-likeness (QED) is 0.494. The summed E-state index contributed by atoms with van der Waals surface area (Å²) in [6.45, 7) is 0.427. The lowest BCUT2D eigenvalue weighted by atomic mass is 9.95. The highest BCUT2D eigenvalue weighted by Crippen LogP contribution is 2.31. The third kappa shape index (κ3) is 3.64. The molecule has 0 radical (unpaired) electrons. The number of anilines is 1. The minimum atomic E-state index is -0.178. The molecule has 1 saturated carbocycles. The lowest BCUT2D eigenvalue weighted by Gasteiger charge is -2.22. The number of nitrogens with two attached hydrogens (primary N) is 1. The van der Waals surface area contributed by atoms with Crippen molar-refractivity contribution in [3.05, 3.63) is 59.7 Å². The van der Waals surface area contributed by atoms with Gasteiger partial charge in [-0.15, -0.1) is 0 Å². The zero-order chi connectivity index (χ0) is 22.1. The van der Waals surface area contributed by atoms with Crippen molar-refractivity contribution < 1.29 is 9.53 Å². The average Bonchev–Trinajstić information content (AvgIpc) is 3.09. The number of benzene rings is 2. The van der Waals surface area contributed by atoms with Gasteiger partial charge in [0.05, 0.1) is 24.7 Å². The molecule has 2 heterocycles. The molecule has 164 valence electrons. The normalized spacial score (nSPS) is 14.7. The molecule has 4 aromatic rings. The van der Waals surface area contributed by atoms with Crippen molar-refractivity contribution >= 4 is 33.9 Å². The zero-order valence-corrected chi connectivity index (χ0v) is 18.2. The fourth-order valence-electron chi connectivity index (χ4n) is 4.61. The number of rotatable bonds is 5. The third-order valence-electron chi connectivity index (χ3n) is 6.28. The largest absolute Gasteiger partial charge is 0.496 e. The second-order valence-corrected chi connectivity index (χ2v) is 8.35. The molecule has 1 aliphatic rings. The summed E-state index contributed by atoms with van der Waals surface area (Å²) in [5, 5.41) is 3.19. The van der Waals surface area contributed by atoms with Crippen LogP contribution in [0, 0.1) is 0 Å². The Morgan fingerprint density at radius 3 is 2.50 bits per heavy atom. The van der Waals surface area contributed by atoms with Crippen LogP contribution in [0.5, 0.6) is 5.75 Å². The third-order valence-corrected chi connectivity index (χ3v) is 6.28. The van der Waals surface area contributed by atoms with E-state index in [-0.39, 0.29) is 11.9 Å². The minimum Gasteiger partial charge on any atom is -0.496 e. The molecular weight excluding hydrogens is 402 g/mol. The van der Waals surface area contributed by atoms with Crippen LogP contribution in [-0.4, -0.2) is 33.6 Å². The summed E-state index contributed by atoms with van der Waals surface area (Å²) >= 11 is 0. The average molecular weight is 430 g/mol. The molecule has 3 N–H and O–H groups in total. The molecule has 0 spiro atoms. The Hall–Kier alpha value is -3.61. The number of nitrogen functional groups attached to an aromatic ring is 1. The van der Waals surface area contributed by atoms with E-state index in [1.807, 2.05) is 53.1 Å². The van der Waals surface area contributed by atoms with Crippen LogP contribution in [0.2, 0.25) is 0 Å². The van der Waals surface area contributed by atoms with Crippen LogP contribution in [0.4, 0.5) is 5.82 Å². The summed E-state index contributed by atoms with van der Waals surface area (Å²) in [5.41, 5.74) is 10.6. The molecule has 0 atom stereocenters. The van der Waals surface area contributed by atoms with Gasteiger partial charge in [0.1, 0.15) is 22.6 Å². The molecule has 1 fully saturated rings. The standard InChI is InChI=1S/C25H27N5O2/c1-32-20-14-8-5-9-16(20)15-30-23(26)21(25(31)27-17-10-3-2-4-11-17)22-24(30)29-19-13-7-6-12-18(19)28-22/h5-9,12-14,17H,2-4,10-11,15,26H2,1H3,(H,27,31). The molecule has 7 heteroatoms. The first-order valence-corrected chi connectivity index (χ1v) is 11.1. The number of fused-ring (bicyclic) bond motifs is 2. The number of amides is 1. The number of methoxy groups -OCH3 is 1. The van der Waals surface area contributed by atoms with Crippen molar-refractivity contribution in [1.29, 1.82) is 0 Å². The van der Waals surface area contributed by atoms with E-state index in [4.69, 9.17) is 20.4 Å². The summed E-state index contributed by atoms with van der Waals surface area (Å²) in [6, 6.07) is 15.6. The van der Waals surface area contributed by atoms with E-state index in [9.17, 15) is 4.79 Å². The van der Waals surface area contributed by atoms with Crippen molar-refractivity contribution in [3.8, 4) is 5.75 Å². The maximum Gasteiger partial charge on any atom is 0.257 e. The van der Waals surface area contributed by atoms with Crippen molar-refractivity contribution in [1.82, 2.24) is 19.9 Å². The van der Waals surface area contributed by atoms with Crippen LogP contribution in [0.25, 0.3) is 22.2 Å². The highest BCUT2D eigenvalue weighted by Gasteiger charge is 2.26. The summed E-state index contributed by atoms with van der Waals surface area (Å²) in [7, 11) is 1.65. The fourth-order valence-corrected chi connectivity index (χ4v) is 4.61. The molecule has 5 rings (SSSR count). The Kier molecular flexibility index (Phi) is 5.39. The van der Waals surface area contributed by atoms with Crippen LogP contribution < -0.4 is 15.8 Å². The van der Waals surface area contributed by atoms with Gasteiger partial charge in [-0.25, -0.2) is 9.97 Å². The van der Waals surface area contributed by atoms with Gasteiger partial charge in [-0.2, -0.15) is 0 Å². The van der Waals surface area contributed by atoms with Crippen LogP contribution in [0.15, 0.2) is 48.5 Å². The number of ether oxygens (including phenoxy) is 1. The summed E-state index contributed by atoms with van der Waals surface area (Å²) < 4.78 is 7.39. The van der Waals surface area contributed by atoms with Gasteiger partial charge in [0.2, 0.25) is 0 Å². The maximum absolute atomic E-state index is 13.4. The van der Waals surface area contributed by atoms with Gasteiger partial charge in [-0.3, -0.25) is 4.79 Å². The summed E-state index contributed by atoms with van der Waals surface area (Å²) in [4.78, 5) is 23.0. The molecule has 1 aliphatic carbocycles. The monoisotopic (exact) mass is 429 g/mol. The number of carbonyl (C=O) groups is 1. The molecule has 0 saturated heterocycles. The van der Waals surface area contributed by atoms with Crippen LogP contribution in [0.3, 0.4) is 0 Å². The minimum absolute atomic E-state index is 0.177. The van der Waals surface area contributed by atoms with Gasteiger partial charge in [-0.1, -0.05) is 49.6 Å². The summed E-state index contributed by atoms with van der Waals surface area (Å²) in [6.07, 6.45) is 5.51. The number of nitrogens with one attached hydrogen (secondary N) is 1. The molecule has 0 aliphatic heterocycles. The van der Waals surface area contributed by atoms with Crippen molar-refractivity contribution in [2.24, 2.45) is 0 Å². The highest BCUT2D eigenvalue weighted by molar-refractivity contribution is 6.10. The Morgan fingerprint density at radius 1 is 1.06 bits per heavy atom. The number of hydrogen-bond acceptors (Lipinski definition) is 5. The lowest BCUT2D eigenvalue weighted by Crippen LogP contribution is -2.36. The summed E-state index contributed by atoms with van der Waals surface area (Å²) in [5.74, 6) is 0.952. The van der Waals surface area contributed by atoms with E-state index < -0.39 is 0 Å². The Labute approximate surface area is 186 Å². The number of para-hydroxylation sites is 3. The molecule has 1 amide bonds. The molecule has 0 unspecified atom stereocenters. The molecule has 2 aromatic carbocycles. The van der Waals surface area contributed by atoms with Gasteiger partial charge in [-0.05, 0) is 31.0 Å². The van der Waals surface area contributed by atoms with Crippen molar-refractivity contribution in [3.63, 3.8) is 0 Å². The molecule has 7 nitrogen and oxygen atoms in total. The second-order valence-electron chi connectivity index (χ2n) is 8.35. The van der Waals surface area contributed by atoms with E-state index in [0.717, 1.165) is 48.0 Å². The number of hydrogen-bond donors (Lipinski definition) is 2. The first-order chi connectivity index (χ1) is 15.7. The van der Waals surface area contributed by atoms with E-state index in [1.165, 1.54) is 6.42 Å².